The summed E-state index contributed by atoms with van der Waals surface area (Å²) < 4.78 is 1.46. The number of unbranched alkanes of at least 4 members (excludes halogenated alkanes) is 14. The van der Waals surface area contributed by atoms with Gasteiger partial charge in [0.1, 0.15) is 5.52 Å². The third-order valence-corrected chi connectivity index (χ3v) is 5.99. The van der Waals surface area contributed by atoms with Gasteiger partial charge in [0.25, 0.3) is 0 Å². The van der Waals surface area contributed by atoms with Crippen LogP contribution in [-0.4, -0.2) is 20.9 Å². The first kappa shape index (κ1) is 25.3. The Morgan fingerprint density at radius 3 is 1.97 bits per heavy atom. The summed E-state index contributed by atoms with van der Waals surface area (Å²) in [5.41, 5.74) is 1.59. The van der Waals surface area contributed by atoms with Gasteiger partial charge in [-0.25, -0.2) is 0 Å². The van der Waals surface area contributed by atoms with Gasteiger partial charge in [-0.1, -0.05) is 107 Å². The maximum Gasteiger partial charge on any atom is 0.248 e. The molecule has 4 heteroatoms. The lowest BCUT2D eigenvalue weighted by atomic mass is 10.1. The highest BCUT2D eigenvalue weighted by atomic mass is 16.2. The van der Waals surface area contributed by atoms with E-state index < -0.39 is 0 Å². The fourth-order valence-corrected chi connectivity index (χ4v) is 4.04. The van der Waals surface area contributed by atoms with E-state index in [4.69, 9.17) is 0 Å². The van der Waals surface area contributed by atoms with Gasteiger partial charge in [0.15, 0.2) is 0 Å². The number of nitrogens with zero attached hydrogens (tertiary/aromatic N) is 3. The monoisotopic (exact) mass is 425 g/mol. The summed E-state index contributed by atoms with van der Waals surface area (Å²) in [6.07, 6.45) is 26.1. The Bertz CT molecular complexity index is 750. The molecule has 2 rings (SSSR count). The van der Waals surface area contributed by atoms with Crippen LogP contribution in [0.5, 0.6) is 0 Å². The quantitative estimate of drug-likeness (QED) is 0.178. The second kappa shape index (κ2) is 16.7. The van der Waals surface area contributed by atoms with E-state index in [0.29, 0.717) is 6.42 Å². The second-order valence-electron chi connectivity index (χ2n) is 8.78. The van der Waals surface area contributed by atoms with Crippen LogP contribution in [0.15, 0.2) is 36.4 Å². The third-order valence-electron chi connectivity index (χ3n) is 5.99. The normalized spacial score (nSPS) is 11.6. The molecule has 0 aliphatic carbocycles. The van der Waals surface area contributed by atoms with E-state index in [-0.39, 0.29) is 5.91 Å². The fraction of sp³-hybridized carbons (Fsp3) is 0.667. The summed E-state index contributed by atoms with van der Waals surface area (Å²) in [6.45, 7) is 2.27. The van der Waals surface area contributed by atoms with Crippen LogP contribution in [0.2, 0.25) is 0 Å². The largest absolute Gasteiger partial charge is 0.273 e. The lowest BCUT2D eigenvalue weighted by Gasteiger charge is -2.03. The molecule has 31 heavy (non-hydrogen) atoms. The minimum Gasteiger partial charge on any atom is -0.273 e. The standard InChI is InChI=1S/C27H43N3O/c1-2-3-4-5-6-7-8-9-10-11-12-13-14-15-16-17-18-19-24-27(31)30-26-23-21-20-22-25(26)28-29-30/h8-9,20-23H,2-7,10-19,24H2,1H3/b9-8+. The van der Waals surface area contributed by atoms with Crippen molar-refractivity contribution < 1.29 is 4.79 Å². The van der Waals surface area contributed by atoms with Gasteiger partial charge < -0.3 is 0 Å². The molecule has 0 fully saturated rings. The molecule has 0 saturated heterocycles. The van der Waals surface area contributed by atoms with Gasteiger partial charge in [0, 0.05) is 6.42 Å². The van der Waals surface area contributed by atoms with E-state index in [9.17, 15) is 4.79 Å². The lowest BCUT2D eigenvalue weighted by molar-refractivity contribution is 0.0886. The second-order valence-corrected chi connectivity index (χ2v) is 8.78. The Morgan fingerprint density at radius 2 is 1.32 bits per heavy atom. The molecular formula is C27H43N3O. The number of hydrogen-bond donors (Lipinski definition) is 0. The van der Waals surface area contributed by atoms with Crippen molar-refractivity contribution in [2.75, 3.05) is 0 Å². The van der Waals surface area contributed by atoms with Gasteiger partial charge in [0.2, 0.25) is 5.91 Å². The van der Waals surface area contributed by atoms with Crippen LogP contribution in [0.25, 0.3) is 11.0 Å². The number of aromatic nitrogens is 3. The SMILES string of the molecule is CCCCCCC/C=C/CCCCCCCCCCCC(=O)n1nnc2ccccc21. The molecule has 0 bridgehead atoms. The molecule has 4 nitrogen and oxygen atoms in total. The van der Waals surface area contributed by atoms with Gasteiger partial charge in [-0.3, -0.25) is 4.79 Å². The summed E-state index contributed by atoms with van der Waals surface area (Å²) in [7, 11) is 0. The van der Waals surface area contributed by atoms with E-state index in [1.54, 1.807) is 0 Å². The topological polar surface area (TPSA) is 47.8 Å². The smallest absolute Gasteiger partial charge is 0.248 e. The highest BCUT2D eigenvalue weighted by molar-refractivity contribution is 5.88. The average molecular weight is 426 g/mol. The number of allylic oxidation sites excluding steroid dienone is 2. The summed E-state index contributed by atoms with van der Waals surface area (Å²) in [4.78, 5) is 12.3. The third kappa shape index (κ3) is 10.8. The zero-order chi connectivity index (χ0) is 22.0. The lowest BCUT2D eigenvalue weighted by Crippen LogP contribution is -2.12. The van der Waals surface area contributed by atoms with E-state index in [1.807, 2.05) is 24.3 Å². The number of hydrogen-bond acceptors (Lipinski definition) is 3. The number of fused-ring (bicyclic) bond motifs is 1. The van der Waals surface area contributed by atoms with Gasteiger partial charge in [-0.2, -0.15) is 4.68 Å². The number of carbonyl (C=O) groups excluding carboxylic acids is 1. The molecule has 0 unspecified atom stereocenters. The fourth-order valence-electron chi connectivity index (χ4n) is 4.04. The minimum absolute atomic E-state index is 0.0549. The number of carbonyl (C=O) groups is 1. The molecule has 2 aromatic rings. The summed E-state index contributed by atoms with van der Waals surface area (Å²) in [6, 6.07) is 7.63. The van der Waals surface area contributed by atoms with Crippen LogP contribution in [0.3, 0.4) is 0 Å². The maximum absolute atomic E-state index is 12.3. The average Bonchev–Trinajstić information content (AvgIpc) is 3.22. The molecule has 0 radical (unpaired) electrons. The van der Waals surface area contributed by atoms with E-state index in [1.165, 1.54) is 94.6 Å². The first-order valence-corrected chi connectivity index (χ1v) is 12.8. The summed E-state index contributed by atoms with van der Waals surface area (Å²) >= 11 is 0. The molecule has 1 heterocycles. The molecule has 0 saturated carbocycles. The van der Waals surface area contributed by atoms with E-state index >= 15 is 0 Å². The van der Waals surface area contributed by atoms with Crippen molar-refractivity contribution in [2.45, 2.75) is 116 Å². The Morgan fingerprint density at radius 1 is 0.774 bits per heavy atom. The van der Waals surface area contributed by atoms with Crippen LogP contribution in [0.1, 0.15) is 121 Å². The highest BCUT2D eigenvalue weighted by Crippen LogP contribution is 2.14. The summed E-state index contributed by atoms with van der Waals surface area (Å²) in [5, 5.41) is 8.06. The van der Waals surface area contributed by atoms with Crippen molar-refractivity contribution in [3.8, 4) is 0 Å². The molecule has 1 aromatic heterocycles. The number of rotatable bonds is 18. The zero-order valence-electron chi connectivity index (χ0n) is 19.7. The zero-order valence-corrected chi connectivity index (χ0v) is 19.7. The minimum atomic E-state index is 0.0549. The number of benzene rings is 1. The van der Waals surface area contributed by atoms with Crippen molar-refractivity contribution in [3.05, 3.63) is 36.4 Å². The van der Waals surface area contributed by atoms with Crippen LogP contribution in [0.4, 0.5) is 0 Å². The number of para-hydroxylation sites is 1. The van der Waals surface area contributed by atoms with Gasteiger partial charge >= 0.3 is 0 Å². The molecular weight excluding hydrogens is 382 g/mol. The van der Waals surface area contributed by atoms with Crippen molar-refractivity contribution in [1.29, 1.82) is 0 Å². The van der Waals surface area contributed by atoms with Crippen molar-refractivity contribution in [2.24, 2.45) is 0 Å². The Kier molecular flexibility index (Phi) is 13.6. The van der Waals surface area contributed by atoms with E-state index in [2.05, 4.69) is 29.4 Å². The Balaban J connectivity index is 1.36. The molecule has 0 atom stereocenters. The predicted molar refractivity (Wildman–Crippen MR) is 131 cm³/mol. The molecule has 172 valence electrons. The maximum atomic E-state index is 12.3. The van der Waals surface area contributed by atoms with Gasteiger partial charge in [-0.15, -0.1) is 5.10 Å². The van der Waals surface area contributed by atoms with Crippen LogP contribution in [0, 0.1) is 0 Å². The van der Waals surface area contributed by atoms with Crippen molar-refractivity contribution in [1.82, 2.24) is 15.0 Å². The molecule has 0 amide bonds. The molecule has 0 spiro atoms. The predicted octanol–water partition coefficient (Wildman–Crippen LogP) is 8.28. The highest BCUT2D eigenvalue weighted by Gasteiger charge is 2.10. The van der Waals surface area contributed by atoms with Crippen LogP contribution in [-0.2, 0) is 0 Å². The van der Waals surface area contributed by atoms with Crippen LogP contribution >= 0.6 is 0 Å². The summed E-state index contributed by atoms with van der Waals surface area (Å²) in [5.74, 6) is 0.0549. The Labute approximate surface area is 189 Å². The molecule has 0 aliphatic rings. The van der Waals surface area contributed by atoms with Gasteiger partial charge in [0.05, 0.1) is 5.52 Å². The Hall–Kier alpha value is -1.97. The molecule has 1 aromatic carbocycles. The van der Waals surface area contributed by atoms with E-state index in [0.717, 1.165) is 23.9 Å². The first-order chi connectivity index (χ1) is 15.3. The van der Waals surface area contributed by atoms with Gasteiger partial charge in [-0.05, 0) is 44.2 Å². The first-order valence-electron chi connectivity index (χ1n) is 12.8. The van der Waals surface area contributed by atoms with Crippen molar-refractivity contribution in [3.63, 3.8) is 0 Å². The molecule has 0 N–H and O–H groups in total. The van der Waals surface area contributed by atoms with Crippen LogP contribution < -0.4 is 0 Å². The van der Waals surface area contributed by atoms with Crippen molar-refractivity contribution >= 4 is 16.9 Å². The molecule has 0 aliphatic heterocycles.